The molecule has 1 amide bonds. The number of carbonyl (C=O) groups is 1. The van der Waals surface area contributed by atoms with Crippen LogP contribution in [-0.2, 0) is 20.2 Å². The van der Waals surface area contributed by atoms with E-state index >= 15 is 0 Å². The van der Waals surface area contributed by atoms with Gasteiger partial charge in [-0.25, -0.2) is 12.7 Å². The summed E-state index contributed by atoms with van der Waals surface area (Å²) in [5, 5.41) is -0.128. The zero-order valence-corrected chi connectivity index (χ0v) is 17.9. The molecule has 5 nitrogen and oxygen atoms in total. The number of carbonyl (C=O) groups excluding carboxylic acids is 1. The Hall–Kier alpha value is -1.40. The highest BCUT2D eigenvalue weighted by Gasteiger charge is 2.49. The predicted octanol–water partition coefficient (Wildman–Crippen LogP) is 3.26. The van der Waals surface area contributed by atoms with Gasteiger partial charge in [0.05, 0.1) is 5.25 Å². The third-order valence-corrected chi connectivity index (χ3v) is 9.53. The minimum atomic E-state index is -3.09. The third kappa shape index (κ3) is 3.39. The Morgan fingerprint density at radius 1 is 1.14 bits per heavy atom. The van der Waals surface area contributed by atoms with Crippen LogP contribution in [-0.4, -0.2) is 55.0 Å². The molecule has 1 spiro atoms. The number of benzene rings is 1. The van der Waals surface area contributed by atoms with E-state index in [0.717, 1.165) is 45.2 Å². The van der Waals surface area contributed by atoms with Crippen molar-refractivity contribution in [2.75, 3.05) is 26.2 Å². The van der Waals surface area contributed by atoms with E-state index in [1.165, 1.54) is 11.1 Å². The summed E-state index contributed by atoms with van der Waals surface area (Å²) in [7, 11) is -3.09. The zero-order valence-electron chi connectivity index (χ0n) is 17.1. The van der Waals surface area contributed by atoms with E-state index in [9.17, 15) is 13.2 Å². The van der Waals surface area contributed by atoms with Gasteiger partial charge in [0.25, 0.3) is 0 Å². The summed E-state index contributed by atoms with van der Waals surface area (Å²) in [6, 6.07) is 8.54. The van der Waals surface area contributed by atoms with Crippen molar-refractivity contribution in [1.29, 1.82) is 0 Å². The first-order valence-corrected chi connectivity index (χ1v) is 12.3. The minimum absolute atomic E-state index is 0.0281. The Labute approximate surface area is 169 Å². The molecule has 1 aromatic carbocycles. The molecule has 154 valence electrons. The molecule has 1 saturated heterocycles. The van der Waals surface area contributed by atoms with Gasteiger partial charge in [-0.05, 0) is 68.4 Å². The van der Waals surface area contributed by atoms with Crippen LogP contribution in [0, 0.1) is 0 Å². The van der Waals surface area contributed by atoms with Crippen molar-refractivity contribution >= 4 is 15.9 Å². The third-order valence-electron chi connectivity index (χ3n) is 7.13. The van der Waals surface area contributed by atoms with Gasteiger partial charge in [-0.2, -0.15) is 0 Å². The van der Waals surface area contributed by atoms with Crippen molar-refractivity contribution in [2.24, 2.45) is 0 Å². The predicted molar refractivity (Wildman–Crippen MR) is 111 cm³/mol. The van der Waals surface area contributed by atoms with E-state index in [1.54, 1.807) is 4.31 Å². The normalized spacial score (nSPS) is 24.3. The van der Waals surface area contributed by atoms with Gasteiger partial charge in [0.2, 0.25) is 15.9 Å². The highest BCUT2D eigenvalue weighted by Crippen LogP contribution is 2.53. The molecule has 4 rings (SSSR count). The second-order valence-corrected chi connectivity index (χ2v) is 10.9. The summed E-state index contributed by atoms with van der Waals surface area (Å²) in [5.74, 6) is 0.478. The summed E-state index contributed by atoms with van der Waals surface area (Å²) in [4.78, 5) is 14.7. The molecule has 1 atom stereocenters. The Bertz CT molecular complexity index is 835. The summed E-state index contributed by atoms with van der Waals surface area (Å²) in [6.07, 6.45) is 4.91. The second kappa shape index (κ2) is 7.45. The molecular weight excluding hydrogens is 372 g/mol. The largest absolute Gasteiger partial charge is 0.343 e. The van der Waals surface area contributed by atoms with Crippen LogP contribution in [0.5, 0.6) is 0 Å². The molecule has 0 N–H and O–H groups in total. The molecule has 6 heteroatoms. The van der Waals surface area contributed by atoms with E-state index in [1.807, 2.05) is 18.7 Å². The van der Waals surface area contributed by atoms with Crippen molar-refractivity contribution in [3.63, 3.8) is 0 Å². The summed E-state index contributed by atoms with van der Waals surface area (Å²) < 4.78 is 27.0. The lowest BCUT2D eigenvalue weighted by Crippen LogP contribution is -2.45. The summed E-state index contributed by atoms with van der Waals surface area (Å²) in [6.45, 7) is 6.79. The number of piperidine rings is 1. The van der Waals surface area contributed by atoms with Gasteiger partial charge in [-0.15, -0.1) is 0 Å². The Balaban J connectivity index is 1.52. The highest BCUT2D eigenvalue weighted by atomic mass is 32.2. The van der Waals surface area contributed by atoms with Crippen LogP contribution >= 0.6 is 0 Å². The van der Waals surface area contributed by atoms with Gasteiger partial charge in [-0.3, -0.25) is 4.79 Å². The quantitative estimate of drug-likeness (QED) is 0.731. The van der Waals surface area contributed by atoms with Crippen LogP contribution < -0.4 is 0 Å². The number of nitrogens with zero attached hydrogens (tertiary/aromatic N) is 2. The zero-order chi connectivity index (χ0) is 19.9. The first-order valence-electron chi connectivity index (χ1n) is 10.8. The standard InChI is InChI=1S/C22H32N2O3S/c1-3-23(4-2)21(25)15-17-16-22(20-8-6-5-7-19(17)20)11-13-24(14-12-22)28(26,27)18-9-10-18/h5-8,17-18H,3-4,9-16H2,1-2H3/t17-/m0/s1. The summed E-state index contributed by atoms with van der Waals surface area (Å²) in [5.41, 5.74) is 2.69. The molecule has 0 radical (unpaired) electrons. The molecular formula is C22H32N2O3S. The first kappa shape index (κ1) is 19.9. The van der Waals surface area contributed by atoms with E-state index in [4.69, 9.17) is 0 Å². The molecule has 3 aliphatic rings. The Morgan fingerprint density at radius 2 is 1.79 bits per heavy atom. The number of fused-ring (bicyclic) bond motifs is 2. The van der Waals surface area contributed by atoms with Crippen molar-refractivity contribution in [3.8, 4) is 0 Å². The van der Waals surface area contributed by atoms with E-state index in [-0.39, 0.29) is 22.5 Å². The average molecular weight is 405 g/mol. The van der Waals surface area contributed by atoms with Gasteiger partial charge in [0.1, 0.15) is 0 Å². The lowest BCUT2D eigenvalue weighted by molar-refractivity contribution is -0.131. The maximum absolute atomic E-state index is 12.7. The van der Waals surface area contributed by atoms with Crippen molar-refractivity contribution in [2.45, 2.75) is 69.0 Å². The Kier molecular flexibility index (Phi) is 5.29. The van der Waals surface area contributed by atoms with Gasteiger partial charge in [0.15, 0.2) is 0 Å². The van der Waals surface area contributed by atoms with E-state index in [0.29, 0.717) is 19.5 Å². The Morgan fingerprint density at radius 3 is 2.39 bits per heavy atom. The molecule has 1 aromatic rings. The number of sulfonamides is 1. The smallest absolute Gasteiger partial charge is 0.223 e. The van der Waals surface area contributed by atoms with Crippen LogP contribution in [0.15, 0.2) is 24.3 Å². The van der Waals surface area contributed by atoms with Crippen LogP contribution in [0.4, 0.5) is 0 Å². The molecule has 0 bridgehead atoms. The number of hydrogen-bond donors (Lipinski definition) is 0. The summed E-state index contributed by atoms with van der Waals surface area (Å²) >= 11 is 0. The van der Waals surface area contributed by atoms with Crippen molar-refractivity contribution < 1.29 is 13.2 Å². The monoisotopic (exact) mass is 404 g/mol. The topological polar surface area (TPSA) is 57.7 Å². The van der Waals surface area contributed by atoms with Crippen LogP contribution in [0.1, 0.15) is 69.4 Å². The number of hydrogen-bond acceptors (Lipinski definition) is 3. The fourth-order valence-electron chi connectivity index (χ4n) is 5.34. The van der Waals surface area contributed by atoms with Crippen molar-refractivity contribution in [3.05, 3.63) is 35.4 Å². The molecule has 1 aliphatic heterocycles. The fourth-order valence-corrected chi connectivity index (χ4v) is 7.19. The fraction of sp³-hybridized carbons (Fsp3) is 0.682. The number of amides is 1. The second-order valence-electron chi connectivity index (χ2n) is 8.68. The first-order chi connectivity index (χ1) is 13.4. The van der Waals surface area contributed by atoms with Crippen LogP contribution in [0.3, 0.4) is 0 Å². The minimum Gasteiger partial charge on any atom is -0.343 e. The number of rotatable bonds is 6. The molecule has 0 unspecified atom stereocenters. The van der Waals surface area contributed by atoms with Crippen LogP contribution in [0.2, 0.25) is 0 Å². The van der Waals surface area contributed by atoms with Gasteiger partial charge < -0.3 is 4.90 Å². The molecule has 1 saturated carbocycles. The lowest BCUT2D eigenvalue weighted by atomic mass is 9.73. The average Bonchev–Trinajstić information content (AvgIpc) is 3.51. The molecule has 2 aliphatic carbocycles. The van der Waals surface area contributed by atoms with E-state index in [2.05, 4.69) is 24.3 Å². The van der Waals surface area contributed by atoms with Gasteiger partial charge in [0, 0.05) is 32.6 Å². The van der Waals surface area contributed by atoms with Gasteiger partial charge >= 0.3 is 0 Å². The molecule has 1 heterocycles. The SMILES string of the molecule is CCN(CC)C(=O)C[C@H]1CC2(CCN(S(=O)(=O)C3CC3)CC2)c2ccccc21. The highest BCUT2D eigenvalue weighted by molar-refractivity contribution is 7.90. The van der Waals surface area contributed by atoms with Gasteiger partial charge in [-0.1, -0.05) is 24.3 Å². The molecule has 0 aromatic heterocycles. The molecule has 28 heavy (non-hydrogen) atoms. The van der Waals surface area contributed by atoms with Crippen LogP contribution in [0.25, 0.3) is 0 Å². The maximum atomic E-state index is 12.7. The molecule has 2 fully saturated rings. The van der Waals surface area contributed by atoms with Crippen molar-refractivity contribution in [1.82, 2.24) is 9.21 Å². The maximum Gasteiger partial charge on any atom is 0.223 e. The lowest BCUT2D eigenvalue weighted by Gasteiger charge is -2.40. The van der Waals surface area contributed by atoms with E-state index < -0.39 is 10.0 Å².